The van der Waals surface area contributed by atoms with Gasteiger partial charge in [-0.25, -0.2) is 8.42 Å². The van der Waals surface area contributed by atoms with Gasteiger partial charge in [-0.05, 0) is 37.1 Å². The van der Waals surface area contributed by atoms with Crippen molar-refractivity contribution in [3.05, 3.63) is 24.3 Å². The van der Waals surface area contributed by atoms with Gasteiger partial charge in [-0.2, -0.15) is 4.31 Å². The molecule has 1 aromatic carbocycles. The van der Waals surface area contributed by atoms with Crippen molar-refractivity contribution in [3.8, 4) is 0 Å². The van der Waals surface area contributed by atoms with Crippen molar-refractivity contribution in [2.45, 2.75) is 30.7 Å². The first-order valence-corrected chi connectivity index (χ1v) is 7.89. The van der Waals surface area contributed by atoms with Crippen LogP contribution >= 0.6 is 0 Å². The maximum absolute atomic E-state index is 12.5. The molecule has 0 bridgehead atoms. The molecule has 1 aliphatic heterocycles. The second-order valence-electron chi connectivity index (χ2n) is 4.80. The lowest BCUT2D eigenvalue weighted by Crippen LogP contribution is -2.37. The van der Waals surface area contributed by atoms with Gasteiger partial charge in [0.2, 0.25) is 15.9 Å². The largest absolute Gasteiger partial charge is 0.395 e. The van der Waals surface area contributed by atoms with Gasteiger partial charge in [0.15, 0.2) is 0 Å². The van der Waals surface area contributed by atoms with E-state index in [9.17, 15) is 18.3 Å². The van der Waals surface area contributed by atoms with E-state index in [1.54, 1.807) is 12.1 Å². The first kappa shape index (κ1) is 15.0. The van der Waals surface area contributed by atoms with E-state index >= 15 is 0 Å². The van der Waals surface area contributed by atoms with Crippen LogP contribution in [0.15, 0.2) is 29.2 Å². The fourth-order valence-corrected chi connectivity index (χ4v) is 4.04. The summed E-state index contributed by atoms with van der Waals surface area (Å²) >= 11 is 0. The van der Waals surface area contributed by atoms with Gasteiger partial charge in [0.05, 0.1) is 11.5 Å². The van der Waals surface area contributed by atoms with Gasteiger partial charge in [-0.1, -0.05) is 0 Å². The standard InChI is InChI=1S/C13H18N2O4S/c1-10(17)14-11-4-6-13(7-5-11)20(18,19)15-8-2-3-12(15)9-16/h4-7,12,16H,2-3,8-9H2,1H3,(H,14,17)/t12-/m0/s1. The van der Waals surface area contributed by atoms with Crippen LogP contribution in [0.25, 0.3) is 0 Å². The molecule has 0 aromatic heterocycles. The predicted molar refractivity (Wildman–Crippen MR) is 74.7 cm³/mol. The molecule has 1 heterocycles. The lowest BCUT2D eigenvalue weighted by molar-refractivity contribution is -0.114. The van der Waals surface area contributed by atoms with Crippen LogP contribution in [0.1, 0.15) is 19.8 Å². The van der Waals surface area contributed by atoms with Crippen LogP contribution in [-0.2, 0) is 14.8 Å². The number of hydrogen-bond donors (Lipinski definition) is 2. The zero-order valence-electron chi connectivity index (χ0n) is 11.2. The molecule has 2 N–H and O–H groups in total. The highest BCUT2D eigenvalue weighted by Gasteiger charge is 2.34. The summed E-state index contributed by atoms with van der Waals surface area (Å²) in [5.74, 6) is -0.208. The molecule has 1 aromatic rings. The molecule has 1 saturated heterocycles. The first-order valence-electron chi connectivity index (χ1n) is 6.45. The molecule has 2 rings (SSSR count). The van der Waals surface area contributed by atoms with Crippen LogP contribution in [0.5, 0.6) is 0 Å². The molecule has 0 saturated carbocycles. The van der Waals surface area contributed by atoms with Crippen LogP contribution in [0, 0.1) is 0 Å². The smallest absolute Gasteiger partial charge is 0.243 e. The molecule has 0 aliphatic carbocycles. The summed E-state index contributed by atoms with van der Waals surface area (Å²) in [7, 11) is -3.58. The molecule has 7 heteroatoms. The molecule has 6 nitrogen and oxygen atoms in total. The number of amides is 1. The Morgan fingerprint density at radius 1 is 1.40 bits per heavy atom. The molecule has 1 aliphatic rings. The van der Waals surface area contributed by atoms with Gasteiger partial charge in [0, 0.05) is 25.2 Å². The molecule has 20 heavy (non-hydrogen) atoms. The second-order valence-corrected chi connectivity index (χ2v) is 6.69. The Balaban J connectivity index is 2.23. The summed E-state index contributed by atoms with van der Waals surface area (Å²) in [5.41, 5.74) is 0.552. The average Bonchev–Trinajstić information content (AvgIpc) is 2.87. The van der Waals surface area contributed by atoms with E-state index in [-0.39, 0.29) is 23.5 Å². The third kappa shape index (κ3) is 3.00. The average molecular weight is 298 g/mol. The van der Waals surface area contributed by atoms with E-state index < -0.39 is 10.0 Å². The van der Waals surface area contributed by atoms with Gasteiger partial charge in [0.1, 0.15) is 0 Å². The summed E-state index contributed by atoms with van der Waals surface area (Å²) < 4.78 is 26.3. The van der Waals surface area contributed by atoms with E-state index in [0.717, 1.165) is 6.42 Å². The monoisotopic (exact) mass is 298 g/mol. The molecule has 1 amide bonds. The molecule has 110 valence electrons. The Labute approximate surface area is 118 Å². The van der Waals surface area contributed by atoms with E-state index in [0.29, 0.717) is 18.7 Å². The number of carbonyl (C=O) groups excluding carboxylic acids is 1. The number of carbonyl (C=O) groups is 1. The molecule has 0 spiro atoms. The van der Waals surface area contributed by atoms with Gasteiger partial charge in [-0.3, -0.25) is 4.79 Å². The third-order valence-electron chi connectivity index (χ3n) is 3.32. The number of anilines is 1. The number of aliphatic hydroxyl groups is 1. The maximum Gasteiger partial charge on any atom is 0.243 e. The van der Waals surface area contributed by atoms with Crippen molar-refractivity contribution in [2.24, 2.45) is 0 Å². The number of aliphatic hydroxyl groups excluding tert-OH is 1. The normalized spacial score (nSPS) is 20.0. The molecule has 1 fully saturated rings. The minimum atomic E-state index is -3.58. The molecule has 0 radical (unpaired) electrons. The van der Waals surface area contributed by atoms with Crippen LogP contribution in [-0.4, -0.2) is 42.9 Å². The highest BCUT2D eigenvalue weighted by Crippen LogP contribution is 2.26. The molecular formula is C13H18N2O4S. The van der Waals surface area contributed by atoms with E-state index in [1.165, 1.54) is 23.4 Å². The van der Waals surface area contributed by atoms with E-state index in [1.807, 2.05) is 0 Å². The summed E-state index contributed by atoms with van der Waals surface area (Å²) in [6, 6.07) is 5.70. The van der Waals surface area contributed by atoms with Crippen molar-refractivity contribution in [1.82, 2.24) is 4.31 Å². The van der Waals surface area contributed by atoms with Gasteiger partial charge in [-0.15, -0.1) is 0 Å². The fourth-order valence-electron chi connectivity index (χ4n) is 2.36. The highest BCUT2D eigenvalue weighted by atomic mass is 32.2. The number of hydrogen-bond acceptors (Lipinski definition) is 4. The highest BCUT2D eigenvalue weighted by molar-refractivity contribution is 7.89. The van der Waals surface area contributed by atoms with Gasteiger partial charge in [0.25, 0.3) is 0 Å². The molecule has 0 unspecified atom stereocenters. The Morgan fingerprint density at radius 3 is 2.60 bits per heavy atom. The Kier molecular flexibility index (Phi) is 4.42. The number of nitrogens with one attached hydrogen (secondary N) is 1. The van der Waals surface area contributed by atoms with Crippen molar-refractivity contribution in [3.63, 3.8) is 0 Å². The number of nitrogens with zero attached hydrogens (tertiary/aromatic N) is 1. The summed E-state index contributed by atoms with van der Waals surface area (Å²) in [5, 5.41) is 11.8. The number of sulfonamides is 1. The lowest BCUT2D eigenvalue weighted by Gasteiger charge is -2.22. The van der Waals surface area contributed by atoms with Crippen molar-refractivity contribution < 1.29 is 18.3 Å². The summed E-state index contributed by atoms with van der Waals surface area (Å²) in [6.07, 6.45) is 1.44. The molecule has 1 atom stereocenters. The minimum Gasteiger partial charge on any atom is -0.395 e. The summed E-state index contributed by atoms with van der Waals surface area (Å²) in [4.78, 5) is 11.1. The topological polar surface area (TPSA) is 86.7 Å². The quantitative estimate of drug-likeness (QED) is 0.860. The Bertz CT molecular complexity index is 583. The fraction of sp³-hybridized carbons (Fsp3) is 0.462. The zero-order chi connectivity index (χ0) is 14.8. The van der Waals surface area contributed by atoms with Crippen molar-refractivity contribution in [1.29, 1.82) is 0 Å². The van der Waals surface area contributed by atoms with Crippen molar-refractivity contribution >= 4 is 21.6 Å². The SMILES string of the molecule is CC(=O)Nc1ccc(S(=O)(=O)N2CCC[C@H]2CO)cc1. The first-order chi connectivity index (χ1) is 9.45. The van der Waals surface area contributed by atoms with Crippen LogP contribution in [0.2, 0.25) is 0 Å². The van der Waals surface area contributed by atoms with Crippen LogP contribution in [0.3, 0.4) is 0 Å². The van der Waals surface area contributed by atoms with E-state index in [2.05, 4.69) is 5.32 Å². The van der Waals surface area contributed by atoms with Gasteiger partial charge < -0.3 is 10.4 Å². The second kappa shape index (κ2) is 5.90. The molecular weight excluding hydrogens is 280 g/mol. The number of benzene rings is 1. The Hall–Kier alpha value is -1.44. The minimum absolute atomic E-state index is 0.163. The van der Waals surface area contributed by atoms with Crippen LogP contribution in [0.4, 0.5) is 5.69 Å². The maximum atomic E-state index is 12.5. The zero-order valence-corrected chi connectivity index (χ0v) is 12.1. The predicted octanol–water partition coefficient (Wildman–Crippen LogP) is 0.790. The van der Waals surface area contributed by atoms with Gasteiger partial charge >= 0.3 is 0 Å². The van der Waals surface area contributed by atoms with E-state index in [4.69, 9.17) is 0 Å². The number of rotatable bonds is 4. The third-order valence-corrected chi connectivity index (χ3v) is 5.28. The van der Waals surface area contributed by atoms with Crippen LogP contribution < -0.4 is 5.32 Å². The lowest BCUT2D eigenvalue weighted by atomic mass is 10.2. The summed E-state index contributed by atoms with van der Waals surface area (Å²) in [6.45, 7) is 1.66. The Morgan fingerprint density at radius 2 is 2.05 bits per heavy atom. The van der Waals surface area contributed by atoms with Crippen molar-refractivity contribution in [2.75, 3.05) is 18.5 Å².